The van der Waals surface area contributed by atoms with Crippen molar-refractivity contribution in [3.05, 3.63) is 0 Å². The van der Waals surface area contributed by atoms with Crippen LogP contribution in [0.25, 0.3) is 0 Å². The zero-order valence-electron chi connectivity index (χ0n) is 13.2. The maximum Gasteiger partial charge on any atom is 0.500 e. The van der Waals surface area contributed by atoms with E-state index in [-0.39, 0.29) is 0 Å². The summed E-state index contributed by atoms with van der Waals surface area (Å²) in [7, 11) is 2.60. The molecule has 0 rings (SSSR count). The molecular weight excluding hydrogens is 262 g/mol. The van der Waals surface area contributed by atoms with Gasteiger partial charge in [-0.15, -0.1) is 0 Å². The molecule has 0 aliphatic carbocycles. The molecular formula is C13H31NO4Si. The fourth-order valence-corrected chi connectivity index (χ4v) is 3.74. The second-order valence-corrected chi connectivity index (χ2v) is 7.47. The summed E-state index contributed by atoms with van der Waals surface area (Å²) in [5.41, 5.74) is 0. The lowest BCUT2D eigenvalue weighted by Gasteiger charge is -2.26. The molecule has 0 aliphatic rings. The van der Waals surface area contributed by atoms with Crippen LogP contribution in [0.5, 0.6) is 0 Å². The SMILES string of the molecule is CCOCCCN(CC)CCC[Si](OC)(OC)OC. The molecule has 0 saturated carbocycles. The van der Waals surface area contributed by atoms with Gasteiger partial charge >= 0.3 is 8.80 Å². The van der Waals surface area contributed by atoms with Gasteiger partial charge < -0.3 is 22.9 Å². The molecule has 0 saturated heterocycles. The second kappa shape index (κ2) is 11.8. The number of ether oxygens (including phenoxy) is 1. The smallest absolute Gasteiger partial charge is 0.382 e. The molecule has 6 heteroatoms. The van der Waals surface area contributed by atoms with Crippen LogP contribution >= 0.6 is 0 Å². The summed E-state index contributed by atoms with van der Waals surface area (Å²) >= 11 is 0. The van der Waals surface area contributed by atoms with Crippen molar-refractivity contribution in [3.8, 4) is 0 Å². The first-order chi connectivity index (χ1) is 9.17. The predicted molar refractivity (Wildman–Crippen MR) is 79.4 cm³/mol. The van der Waals surface area contributed by atoms with E-state index in [0.29, 0.717) is 0 Å². The Morgan fingerprint density at radius 1 is 0.895 bits per heavy atom. The maximum atomic E-state index is 5.42. The van der Waals surface area contributed by atoms with Crippen LogP contribution in [-0.2, 0) is 18.0 Å². The molecule has 0 aromatic carbocycles. The maximum absolute atomic E-state index is 5.42. The van der Waals surface area contributed by atoms with Crippen molar-refractivity contribution in [2.24, 2.45) is 0 Å². The van der Waals surface area contributed by atoms with Gasteiger partial charge in [0.25, 0.3) is 0 Å². The van der Waals surface area contributed by atoms with Crippen molar-refractivity contribution >= 4 is 8.80 Å². The molecule has 116 valence electrons. The molecule has 0 spiro atoms. The van der Waals surface area contributed by atoms with Gasteiger partial charge in [0.05, 0.1) is 0 Å². The van der Waals surface area contributed by atoms with E-state index in [1.807, 2.05) is 6.92 Å². The van der Waals surface area contributed by atoms with Crippen LogP contribution in [0.1, 0.15) is 26.7 Å². The van der Waals surface area contributed by atoms with E-state index in [2.05, 4.69) is 11.8 Å². The van der Waals surface area contributed by atoms with Crippen molar-refractivity contribution in [3.63, 3.8) is 0 Å². The molecule has 0 heterocycles. The lowest BCUT2D eigenvalue weighted by atomic mass is 10.3. The summed E-state index contributed by atoms with van der Waals surface area (Å²) in [4.78, 5) is 2.43. The highest BCUT2D eigenvalue weighted by Crippen LogP contribution is 2.15. The number of nitrogens with zero attached hydrogens (tertiary/aromatic N) is 1. The van der Waals surface area contributed by atoms with Crippen LogP contribution in [-0.4, -0.2) is 67.9 Å². The average molecular weight is 293 g/mol. The molecule has 0 atom stereocenters. The van der Waals surface area contributed by atoms with Crippen molar-refractivity contribution in [2.45, 2.75) is 32.7 Å². The summed E-state index contributed by atoms with van der Waals surface area (Å²) in [6.07, 6.45) is 2.12. The highest BCUT2D eigenvalue weighted by molar-refractivity contribution is 6.60. The Morgan fingerprint density at radius 3 is 1.95 bits per heavy atom. The van der Waals surface area contributed by atoms with Gasteiger partial charge in [-0.1, -0.05) is 6.92 Å². The van der Waals surface area contributed by atoms with Crippen molar-refractivity contribution in [2.75, 3.05) is 54.2 Å². The van der Waals surface area contributed by atoms with E-state index in [0.717, 1.165) is 51.7 Å². The molecule has 0 unspecified atom stereocenters. The molecule has 0 aliphatic heterocycles. The van der Waals surface area contributed by atoms with Crippen LogP contribution in [0.2, 0.25) is 6.04 Å². The highest BCUT2D eigenvalue weighted by Gasteiger charge is 2.36. The summed E-state index contributed by atoms with van der Waals surface area (Å²) < 4.78 is 21.6. The quantitative estimate of drug-likeness (QED) is 0.384. The molecule has 0 N–H and O–H groups in total. The van der Waals surface area contributed by atoms with Crippen LogP contribution in [0.15, 0.2) is 0 Å². The summed E-state index contributed by atoms with van der Waals surface area (Å²) in [5.74, 6) is 0. The third-order valence-corrected chi connectivity index (χ3v) is 6.14. The van der Waals surface area contributed by atoms with Gasteiger partial charge in [-0.3, -0.25) is 0 Å². The van der Waals surface area contributed by atoms with Crippen molar-refractivity contribution in [1.29, 1.82) is 0 Å². The van der Waals surface area contributed by atoms with Crippen molar-refractivity contribution in [1.82, 2.24) is 4.90 Å². The van der Waals surface area contributed by atoms with Crippen LogP contribution in [0.4, 0.5) is 0 Å². The van der Waals surface area contributed by atoms with E-state index in [9.17, 15) is 0 Å². The molecule has 19 heavy (non-hydrogen) atoms. The van der Waals surface area contributed by atoms with E-state index < -0.39 is 8.80 Å². The lowest BCUT2D eigenvalue weighted by molar-refractivity contribution is 0.119. The topological polar surface area (TPSA) is 40.2 Å². The first kappa shape index (κ1) is 19.0. The van der Waals surface area contributed by atoms with Crippen molar-refractivity contribution < 1.29 is 18.0 Å². The van der Waals surface area contributed by atoms with Gasteiger partial charge in [-0.05, 0) is 32.9 Å². The van der Waals surface area contributed by atoms with Gasteiger partial charge in [-0.25, -0.2) is 0 Å². The van der Waals surface area contributed by atoms with Gasteiger partial charge in [0.2, 0.25) is 0 Å². The number of rotatable bonds is 13. The fraction of sp³-hybridized carbons (Fsp3) is 1.00. The molecule has 0 fully saturated rings. The monoisotopic (exact) mass is 293 g/mol. The number of hydrogen-bond donors (Lipinski definition) is 0. The second-order valence-electron chi connectivity index (χ2n) is 4.38. The minimum Gasteiger partial charge on any atom is -0.382 e. The Morgan fingerprint density at radius 2 is 1.47 bits per heavy atom. The van der Waals surface area contributed by atoms with Gasteiger partial charge in [0.1, 0.15) is 0 Å². The van der Waals surface area contributed by atoms with Gasteiger partial charge in [0.15, 0.2) is 0 Å². The Bertz CT molecular complexity index is 195. The average Bonchev–Trinajstić information content (AvgIpc) is 2.46. The van der Waals surface area contributed by atoms with E-state index >= 15 is 0 Å². The third-order valence-electron chi connectivity index (χ3n) is 3.30. The van der Waals surface area contributed by atoms with Crippen LogP contribution < -0.4 is 0 Å². The standard InChI is InChI=1S/C13H31NO4Si/c1-6-14(10-8-12-18-7-2)11-9-13-19(15-3,16-4)17-5/h6-13H2,1-5H3. The van der Waals surface area contributed by atoms with Crippen LogP contribution in [0, 0.1) is 0 Å². The van der Waals surface area contributed by atoms with Gasteiger partial charge in [-0.2, -0.15) is 0 Å². The molecule has 5 nitrogen and oxygen atoms in total. The zero-order chi connectivity index (χ0) is 14.6. The normalized spacial score (nSPS) is 12.3. The third kappa shape index (κ3) is 8.01. The van der Waals surface area contributed by atoms with E-state index in [4.69, 9.17) is 18.0 Å². The van der Waals surface area contributed by atoms with E-state index in [1.54, 1.807) is 21.3 Å². The highest BCUT2D eigenvalue weighted by atomic mass is 28.4. The summed E-state index contributed by atoms with van der Waals surface area (Å²) in [5, 5.41) is 0. The first-order valence-corrected chi connectivity index (χ1v) is 9.06. The Balaban J connectivity index is 3.87. The zero-order valence-corrected chi connectivity index (χ0v) is 14.2. The summed E-state index contributed by atoms with van der Waals surface area (Å²) in [6, 6.07) is 0.860. The fourth-order valence-electron chi connectivity index (χ4n) is 2.04. The minimum absolute atomic E-state index is 0.801. The summed E-state index contributed by atoms with van der Waals surface area (Å²) in [6.45, 7) is 9.06. The lowest BCUT2D eigenvalue weighted by Crippen LogP contribution is -2.43. The Labute approximate surface area is 119 Å². The minimum atomic E-state index is -2.39. The Kier molecular flexibility index (Phi) is 11.8. The molecule has 0 aromatic heterocycles. The Hall–Kier alpha value is 0.0169. The predicted octanol–water partition coefficient (Wildman–Crippen LogP) is 2.00. The van der Waals surface area contributed by atoms with Gasteiger partial charge in [0, 0.05) is 47.1 Å². The molecule has 0 bridgehead atoms. The largest absolute Gasteiger partial charge is 0.500 e. The number of hydrogen-bond acceptors (Lipinski definition) is 5. The molecule has 0 radical (unpaired) electrons. The van der Waals surface area contributed by atoms with E-state index in [1.165, 1.54) is 0 Å². The molecule has 0 aromatic rings. The molecule has 0 amide bonds. The van der Waals surface area contributed by atoms with Crippen LogP contribution in [0.3, 0.4) is 0 Å². The first-order valence-electron chi connectivity index (χ1n) is 7.13.